The standard InChI is InChI=1S/C20H29NO2/c1-15-10-16(2)13-21(12-15)8-3-9-23-20-7-6-18(17-4-5-17)11-19(20)14-22/h6-7,15-17H,3-5,8-13H2,1-2H3/t15-,16+. The van der Waals surface area contributed by atoms with E-state index in [1.165, 1.54) is 37.9 Å². The van der Waals surface area contributed by atoms with Crippen molar-refractivity contribution in [3.05, 3.63) is 29.1 Å². The van der Waals surface area contributed by atoms with Crippen molar-refractivity contribution in [1.29, 1.82) is 0 Å². The highest BCUT2D eigenvalue weighted by atomic mass is 16.5. The summed E-state index contributed by atoms with van der Waals surface area (Å²) < 4.78 is 5.87. The Hall–Kier alpha value is -1.31. The Morgan fingerprint density at radius 1 is 1.22 bits per heavy atom. The first-order chi connectivity index (χ1) is 11.2. The number of allylic oxidation sites excluding steroid dienone is 4. The number of carbonyl (C=O) groups excluding carboxylic acids is 1. The quantitative estimate of drug-likeness (QED) is 0.552. The third-order valence-electron chi connectivity index (χ3n) is 5.17. The largest absolute Gasteiger partial charge is 0.492 e. The minimum atomic E-state index is 0.683. The van der Waals surface area contributed by atoms with Gasteiger partial charge in [0.25, 0.3) is 0 Å². The van der Waals surface area contributed by atoms with Gasteiger partial charge in [-0.25, -0.2) is 4.79 Å². The zero-order valence-electron chi connectivity index (χ0n) is 14.5. The molecule has 1 heterocycles. The summed E-state index contributed by atoms with van der Waals surface area (Å²) in [6, 6.07) is 0. The second-order valence-corrected chi connectivity index (χ2v) is 7.71. The maximum atomic E-state index is 11.2. The van der Waals surface area contributed by atoms with Crippen molar-refractivity contribution >= 4 is 5.94 Å². The second-order valence-electron chi connectivity index (χ2n) is 7.71. The molecule has 23 heavy (non-hydrogen) atoms. The Morgan fingerprint density at radius 2 is 1.96 bits per heavy atom. The lowest BCUT2D eigenvalue weighted by molar-refractivity contribution is 0.124. The van der Waals surface area contributed by atoms with E-state index >= 15 is 0 Å². The molecule has 3 rings (SSSR count). The van der Waals surface area contributed by atoms with Gasteiger partial charge in [-0.2, -0.15) is 0 Å². The minimum absolute atomic E-state index is 0.683. The van der Waals surface area contributed by atoms with Crippen LogP contribution in [0.3, 0.4) is 0 Å². The molecule has 2 atom stereocenters. The van der Waals surface area contributed by atoms with Crippen LogP contribution >= 0.6 is 0 Å². The van der Waals surface area contributed by atoms with Crippen molar-refractivity contribution in [3.63, 3.8) is 0 Å². The Kier molecular flexibility index (Phi) is 5.40. The fourth-order valence-corrected chi connectivity index (χ4v) is 4.03. The highest BCUT2D eigenvalue weighted by molar-refractivity contribution is 5.62. The summed E-state index contributed by atoms with van der Waals surface area (Å²) in [7, 11) is 0. The molecule has 3 heteroatoms. The first kappa shape index (κ1) is 16.5. The van der Waals surface area contributed by atoms with Crippen LogP contribution in [0.15, 0.2) is 29.1 Å². The molecule has 1 aliphatic heterocycles. The molecule has 0 amide bonds. The molecule has 0 aromatic heterocycles. The fraction of sp³-hybridized carbons (Fsp3) is 0.700. The van der Waals surface area contributed by atoms with Crippen LogP contribution in [0.4, 0.5) is 0 Å². The molecule has 0 spiro atoms. The summed E-state index contributed by atoms with van der Waals surface area (Å²) in [6.07, 6.45) is 9.78. The van der Waals surface area contributed by atoms with Crippen LogP contribution in [-0.2, 0) is 9.53 Å². The lowest BCUT2D eigenvalue weighted by Gasteiger charge is -2.34. The number of likely N-dealkylation sites (tertiary alicyclic amines) is 1. The SMILES string of the molecule is C[C@@H]1C[C@H](C)CN(CCCOC2=CC=C(C3CC3)CC2=C=O)C1. The molecule has 0 N–H and O–H groups in total. The monoisotopic (exact) mass is 315 g/mol. The number of ether oxygens (including phenoxy) is 1. The molecule has 0 unspecified atom stereocenters. The number of hydrogen-bond donors (Lipinski definition) is 0. The maximum Gasteiger partial charge on any atom is 0.133 e. The molecule has 3 aliphatic rings. The third kappa shape index (κ3) is 4.59. The van der Waals surface area contributed by atoms with Gasteiger partial charge in [-0.15, -0.1) is 0 Å². The summed E-state index contributed by atoms with van der Waals surface area (Å²) >= 11 is 0. The van der Waals surface area contributed by atoms with Gasteiger partial charge < -0.3 is 9.64 Å². The van der Waals surface area contributed by atoms with Crippen LogP contribution < -0.4 is 0 Å². The molecule has 2 fully saturated rings. The smallest absolute Gasteiger partial charge is 0.133 e. The summed E-state index contributed by atoms with van der Waals surface area (Å²) in [6.45, 7) is 8.88. The van der Waals surface area contributed by atoms with Gasteiger partial charge in [-0.3, -0.25) is 0 Å². The van der Waals surface area contributed by atoms with Gasteiger partial charge in [0.1, 0.15) is 11.7 Å². The number of piperidine rings is 1. The Morgan fingerprint density at radius 3 is 2.61 bits per heavy atom. The normalized spacial score (nSPS) is 28.9. The average molecular weight is 315 g/mol. The van der Waals surface area contributed by atoms with Crippen LogP contribution in [0.2, 0.25) is 0 Å². The Labute approximate surface area is 140 Å². The lowest BCUT2D eigenvalue weighted by atomic mass is 9.92. The van der Waals surface area contributed by atoms with Crippen molar-refractivity contribution in [2.75, 3.05) is 26.2 Å². The van der Waals surface area contributed by atoms with E-state index in [0.29, 0.717) is 18.1 Å². The van der Waals surface area contributed by atoms with E-state index in [0.717, 1.165) is 37.0 Å². The molecule has 1 saturated heterocycles. The molecule has 126 valence electrons. The summed E-state index contributed by atoms with van der Waals surface area (Å²) in [4.78, 5) is 13.7. The van der Waals surface area contributed by atoms with Gasteiger partial charge in [0.2, 0.25) is 0 Å². The van der Waals surface area contributed by atoms with Gasteiger partial charge in [-0.05, 0) is 49.5 Å². The molecule has 3 nitrogen and oxygen atoms in total. The van der Waals surface area contributed by atoms with E-state index < -0.39 is 0 Å². The summed E-state index contributed by atoms with van der Waals surface area (Å²) in [5.74, 6) is 5.14. The fourth-order valence-electron chi connectivity index (χ4n) is 4.03. The van der Waals surface area contributed by atoms with Crippen LogP contribution in [0.1, 0.15) is 46.0 Å². The topological polar surface area (TPSA) is 29.5 Å². The van der Waals surface area contributed by atoms with Crippen LogP contribution in [-0.4, -0.2) is 37.1 Å². The Bertz CT molecular complexity index is 528. The van der Waals surface area contributed by atoms with Crippen LogP contribution in [0.25, 0.3) is 0 Å². The molecular formula is C20H29NO2. The minimum Gasteiger partial charge on any atom is -0.492 e. The van der Waals surface area contributed by atoms with E-state index in [1.54, 1.807) is 0 Å². The van der Waals surface area contributed by atoms with Crippen LogP contribution in [0, 0.1) is 17.8 Å². The molecule has 1 saturated carbocycles. The third-order valence-corrected chi connectivity index (χ3v) is 5.17. The second kappa shape index (κ2) is 7.51. The van der Waals surface area contributed by atoms with Crippen molar-refractivity contribution in [2.45, 2.75) is 46.0 Å². The lowest BCUT2D eigenvalue weighted by Crippen LogP contribution is -2.39. The number of rotatable bonds is 6. The van der Waals surface area contributed by atoms with Crippen LogP contribution in [0.5, 0.6) is 0 Å². The van der Waals surface area contributed by atoms with Gasteiger partial charge in [0.05, 0.1) is 12.2 Å². The van der Waals surface area contributed by atoms with Crippen molar-refractivity contribution in [3.8, 4) is 0 Å². The maximum absolute atomic E-state index is 11.2. The van der Waals surface area contributed by atoms with Crippen molar-refractivity contribution in [1.82, 2.24) is 4.90 Å². The van der Waals surface area contributed by atoms with Crippen molar-refractivity contribution in [2.24, 2.45) is 17.8 Å². The van der Waals surface area contributed by atoms with E-state index in [9.17, 15) is 4.79 Å². The zero-order valence-corrected chi connectivity index (χ0v) is 14.5. The summed E-state index contributed by atoms with van der Waals surface area (Å²) in [5, 5.41) is 0. The molecule has 0 aromatic carbocycles. The molecular weight excluding hydrogens is 286 g/mol. The van der Waals surface area contributed by atoms with E-state index in [2.05, 4.69) is 30.8 Å². The first-order valence-electron chi connectivity index (χ1n) is 9.16. The average Bonchev–Trinajstić information content (AvgIpc) is 3.35. The van der Waals surface area contributed by atoms with E-state index in [-0.39, 0.29) is 0 Å². The first-order valence-corrected chi connectivity index (χ1v) is 9.16. The van der Waals surface area contributed by atoms with E-state index in [1.807, 2.05) is 6.08 Å². The zero-order chi connectivity index (χ0) is 16.2. The van der Waals surface area contributed by atoms with Gasteiger partial charge in [0, 0.05) is 26.1 Å². The van der Waals surface area contributed by atoms with E-state index in [4.69, 9.17) is 4.74 Å². The predicted octanol–water partition coefficient (Wildman–Crippen LogP) is 3.75. The highest BCUT2D eigenvalue weighted by Gasteiger charge is 2.29. The molecule has 0 aromatic rings. The van der Waals surface area contributed by atoms with Gasteiger partial charge in [0.15, 0.2) is 0 Å². The predicted molar refractivity (Wildman–Crippen MR) is 92.7 cm³/mol. The highest BCUT2D eigenvalue weighted by Crippen LogP contribution is 2.41. The summed E-state index contributed by atoms with van der Waals surface area (Å²) in [5.41, 5.74) is 2.08. The molecule has 0 radical (unpaired) electrons. The van der Waals surface area contributed by atoms with Crippen molar-refractivity contribution < 1.29 is 9.53 Å². The van der Waals surface area contributed by atoms with Gasteiger partial charge in [-0.1, -0.05) is 25.5 Å². The molecule has 2 aliphatic carbocycles. The number of nitrogens with zero attached hydrogens (tertiary/aromatic N) is 1. The molecule has 0 bridgehead atoms. The number of hydrogen-bond acceptors (Lipinski definition) is 3. The van der Waals surface area contributed by atoms with Gasteiger partial charge >= 0.3 is 0 Å². The Balaban J connectivity index is 1.44.